The molecule has 0 aliphatic carbocycles. The van der Waals surface area contributed by atoms with E-state index in [0.29, 0.717) is 6.42 Å². The van der Waals surface area contributed by atoms with E-state index in [0.717, 1.165) is 19.3 Å². The Balaban J connectivity index is 4.03. The van der Waals surface area contributed by atoms with Gasteiger partial charge in [0.1, 0.15) is 11.4 Å². The third kappa shape index (κ3) is 4.23. The SMILES string of the molecule is CCCCCC(O)([PH2]=O)C(O)CO. The summed E-state index contributed by atoms with van der Waals surface area (Å²) in [6, 6.07) is 0. The second-order valence-corrected chi connectivity index (χ2v) is 4.50. The van der Waals surface area contributed by atoms with Crippen molar-refractivity contribution in [1.29, 1.82) is 0 Å². The zero-order valence-corrected chi connectivity index (χ0v) is 9.09. The van der Waals surface area contributed by atoms with Gasteiger partial charge in [0, 0.05) is 0 Å². The van der Waals surface area contributed by atoms with Crippen LogP contribution in [-0.2, 0) is 4.57 Å². The molecule has 13 heavy (non-hydrogen) atoms. The molecule has 80 valence electrons. The predicted octanol–water partition coefficient (Wildman–Crippen LogP) is 0.365. The van der Waals surface area contributed by atoms with Crippen LogP contribution in [0.3, 0.4) is 0 Å². The second-order valence-electron chi connectivity index (χ2n) is 3.26. The van der Waals surface area contributed by atoms with Crippen LogP contribution >= 0.6 is 8.46 Å². The molecule has 0 aliphatic rings. The summed E-state index contributed by atoms with van der Waals surface area (Å²) in [5.74, 6) is 0. The lowest BCUT2D eigenvalue weighted by atomic mass is 10.1. The van der Waals surface area contributed by atoms with Gasteiger partial charge in [-0.1, -0.05) is 26.2 Å². The summed E-state index contributed by atoms with van der Waals surface area (Å²) >= 11 is 0. The van der Waals surface area contributed by atoms with E-state index < -0.39 is 26.5 Å². The van der Waals surface area contributed by atoms with Gasteiger partial charge in [-0.15, -0.1) is 0 Å². The fourth-order valence-electron chi connectivity index (χ4n) is 1.12. The molecule has 0 aromatic carbocycles. The Morgan fingerprint density at radius 1 is 1.46 bits per heavy atom. The molecule has 0 radical (unpaired) electrons. The van der Waals surface area contributed by atoms with Crippen LogP contribution in [-0.4, -0.2) is 33.4 Å². The van der Waals surface area contributed by atoms with Crippen molar-refractivity contribution in [3.8, 4) is 0 Å². The van der Waals surface area contributed by atoms with Crippen molar-refractivity contribution in [3.05, 3.63) is 0 Å². The molecule has 5 heteroatoms. The van der Waals surface area contributed by atoms with Crippen molar-refractivity contribution in [2.24, 2.45) is 0 Å². The molecule has 0 aromatic rings. The van der Waals surface area contributed by atoms with Gasteiger partial charge in [0.15, 0.2) is 0 Å². The molecule has 3 N–H and O–H groups in total. The molecule has 0 bridgehead atoms. The van der Waals surface area contributed by atoms with Crippen molar-refractivity contribution >= 4 is 8.46 Å². The lowest BCUT2D eigenvalue weighted by Gasteiger charge is -2.26. The molecular weight excluding hydrogens is 191 g/mol. The highest BCUT2D eigenvalue weighted by molar-refractivity contribution is 7.25. The van der Waals surface area contributed by atoms with Gasteiger partial charge in [0.2, 0.25) is 0 Å². The van der Waals surface area contributed by atoms with E-state index in [2.05, 4.69) is 0 Å². The Hall–Kier alpha value is 0.110. The molecule has 0 heterocycles. The first-order chi connectivity index (χ1) is 6.10. The highest BCUT2D eigenvalue weighted by Crippen LogP contribution is 2.30. The van der Waals surface area contributed by atoms with Gasteiger partial charge in [0.25, 0.3) is 0 Å². The lowest BCUT2D eigenvalue weighted by Crippen LogP contribution is -2.39. The van der Waals surface area contributed by atoms with E-state index in [1.54, 1.807) is 0 Å². The summed E-state index contributed by atoms with van der Waals surface area (Å²) < 4.78 is 10.7. The molecule has 0 amide bonds. The topological polar surface area (TPSA) is 77.8 Å². The molecule has 0 saturated carbocycles. The summed E-state index contributed by atoms with van der Waals surface area (Å²) in [4.78, 5) is 0. The summed E-state index contributed by atoms with van der Waals surface area (Å²) in [5.41, 5.74) is 0. The fraction of sp³-hybridized carbons (Fsp3) is 1.00. The molecule has 0 saturated heterocycles. The van der Waals surface area contributed by atoms with Crippen molar-refractivity contribution < 1.29 is 19.9 Å². The normalized spacial score (nSPS) is 19.1. The third-order valence-electron chi connectivity index (χ3n) is 2.13. The minimum atomic E-state index is -1.57. The maximum atomic E-state index is 10.7. The molecule has 4 nitrogen and oxygen atoms in total. The summed E-state index contributed by atoms with van der Waals surface area (Å²) in [6.45, 7) is 1.48. The van der Waals surface area contributed by atoms with E-state index in [9.17, 15) is 14.8 Å². The van der Waals surface area contributed by atoms with E-state index in [4.69, 9.17) is 5.11 Å². The predicted molar refractivity (Wildman–Crippen MR) is 52.6 cm³/mol. The molecule has 3 unspecified atom stereocenters. The highest BCUT2D eigenvalue weighted by Gasteiger charge is 2.33. The van der Waals surface area contributed by atoms with Crippen molar-refractivity contribution in [1.82, 2.24) is 0 Å². The van der Waals surface area contributed by atoms with Gasteiger partial charge < -0.3 is 19.9 Å². The molecule has 0 spiro atoms. The van der Waals surface area contributed by atoms with Crippen LogP contribution in [0.2, 0.25) is 0 Å². The van der Waals surface area contributed by atoms with Gasteiger partial charge >= 0.3 is 0 Å². The maximum absolute atomic E-state index is 10.7. The van der Waals surface area contributed by atoms with E-state index in [1.807, 2.05) is 6.92 Å². The molecule has 0 fully saturated rings. The van der Waals surface area contributed by atoms with Crippen LogP contribution in [0.15, 0.2) is 0 Å². The Bertz CT molecular complexity index is 153. The van der Waals surface area contributed by atoms with Crippen LogP contribution in [0.25, 0.3) is 0 Å². The van der Waals surface area contributed by atoms with Crippen LogP contribution < -0.4 is 0 Å². The summed E-state index contributed by atoms with van der Waals surface area (Å²) in [5, 5.41) is 25.9. The average Bonchev–Trinajstić information content (AvgIpc) is 2.16. The number of aliphatic hydroxyl groups is 3. The largest absolute Gasteiger partial charge is 0.394 e. The quantitative estimate of drug-likeness (QED) is 0.419. The minimum absolute atomic E-state index is 0.293. The Morgan fingerprint density at radius 2 is 2.08 bits per heavy atom. The van der Waals surface area contributed by atoms with E-state index in [-0.39, 0.29) is 0 Å². The summed E-state index contributed by atoms with van der Waals surface area (Å²) in [7, 11) is -1.48. The Labute approximate surface area is 79.8 Å². The first-order valence-corrected chi connectivity index (χ1v) is 5.63. The molecule has 0 aliphatic heterocycles. The molecule has 0 aromatic heterocycles. The van der Waals surface area contributed by atoms with Gasteiger partial charge in [-0.2, -0.15) is 0 Å². The standard InChI is InChI=1S/C8H19O4P/c1-2-3-4-5-8(11,13-12)7(10)6-9/h7,9-11H,2-6,13H2,1H3. The van der Waals surface area contributed by atoms with Crippen LogP contribution in [0.5, 0.6) is 0 Å². The smallest absolute Gasteiger partial charge is 0.140 e. The monoisotopic (exact) mass is 210 g/mol. The van der Waals surface area contributed by atoms with Gasteiger partial charge in [-0.3, -0.25) is 0 Å². The minimum Gasteiger partial charge on any atom is -0.394 e. The molecule has 3 atom stereocenters. The second kappa shape index (κ2) is 6.55. The maximum Gasteiger partial charge on any atom is 0.140 e. The molecular formula is C8H19O4P. The van der Waals surface area contributed by atoms with Crippen molar-refractivity contribution in [2.45, 2.75) is 44.1 Å². The van der Waals surface area contributed by atoms with E-state index in [1.165, 1.54) is 0 Å². The average molecular weight is 210 g/mol. The first kappa shape index (κ1) is 13.1. The zero-order valence-electron chi connectivity index (χ0n) is 7.94. The summed E-state index contributed by atoms with van der Waals surface area (Å²) in [6.07, 6.45) is 1.66. The van der Waals surface area contributed by atoms with Crippen molar-refractivity contribution in [3.63, 3.8) is 0 Å². The number of unbranched alkanes of at least 4 members (excludes halogenated alkanes) is 2. The lowest BCUT2D eigenvalue weighted by molar-refractivity contribution is -0.0444. The number of hydrogen-bond acceptors (Lipinski definition) is 4. The van der Waals surface area contributed by atoms with Crippen LogP contribution in [0.4, 0.5) is 0 Å². The highest BCUT2D eigenvalue weighted by atomic mass is 31.1. The van der Waals surface area contributed by atoms with E-state index >= 15 is 0 Å². The first-order valence-electron chi connectivity index (χ1n) is 4.58. The fourth-order valence-corrected chi connectivity index (χ4v) is 1.70. The third-order valence-corrected chi connectivity index (χ3v) is 3.22. The Kier molecular flexibility index (Phi) is 6.60. The number of rotatable bonds is 7. The Morgan fingerprint density at radius 3 is 2.46 bits per heavy atom. The molecule has 0 rings (SSSR count). The van der Waals surface area contributed by atoms with Crippen molar-refractivity contribution in [2.75, 3.05) is 6.61 Å². The number of aliphatic hydroxyl groups excluding tert-OH is 2. The van der Waals surface area contributed by atoms with Gasteiger partial charge in [-0.25, -0.2) is 0 Å². The zero-order chi connectivity index (χ0) is 10.3. The van der Waals surface area contributed by atoms with Crippen LogP contribution in [0.1, 0.15) is 32.6 Å². The van der Waals surface area contributed by atoms with Gasteiger partial charge in [-0.05, 0) is 6.42 Å². The van der Waals surface area contributed by atoms with Crippen LogP contribution in [0, 0.1) is 0 Å². The number of hydrogen-bond donors (Lipinski definition) is 3. The van der Waals surface area contributed by atoms with Gasteiger partial charge in [0.05, 0.1) is 15.1 Å².